The Bertz CT molecular complexity index is 1200. The third-order valence-electron chi connectivity index (χ3n) is 4.68. The number of carbonyl (C=O) groups is 1. The van der Waals surface area contributed by atoms with E-state index in [0.29, 0.717) is 29.4 Å². The molecule has 0 fully saturated rings. The summed E-state index contributed by atoms with van der Waals surface area (Å²) in [6.07, 6.45) is 1.74. The number of hydrogen-bond donors (Lipinski definition) is 1. The zero-order valence-electron chi connectivity index (χ0n) is 16.4. The average Bonchev–Trinajstić information content (AvgIpc) is 2.77. The lowest BCUT2D eigenvalue weighted by atomic mass is 10.1. The van der Waals surface area contributed by atoms with Crippen molar-refractivity contribution in [3.63, 3.8) is 0 Å². The van der Waals surface area contributed by atoms with Crippen molar-refractivity contribution in [2.45, 2.75) is 20.1 Å². The second kappa shape index (κ2) is 8.93. The molecule has 150 valence electrons. The van der Waals surface area contributed by atoms with Crippen LogP contribution in [0.2, 0.25) is 5.02 Å². The predicted octanol–water partition coefficient (Wildman–Crippen LogP) is 5.10. The van der Waals surface area contributed by atoms with E-state index in [4.69, 9.17) is 16.3 Å². The highest BCUT2D eigenvalue weighted by molar-refractivity contribution is 6.31. The molecule has 2 aromatic carbocycles. The summed E-state index contributed by atoms with van der Waals surface area (Å²) in [4.78, 5) is 21.5. The lowest BCUT2D eigenvalue weighted by Gasteiger charge is -2.11. The molecule has 4 rings (SSSR count). The number of pyridine rings is 2. The van der Waals surface area contributed by atoms with E-state index < -0.39 is 0 Å². The number of benzene rings is 2. The number of aryl methyl sites for hydroxylation is 1. The number of halogens is 1. The van der Waals surface area contributed by atoms with Gasteiger partial charge in [0.2, 0.25) is 0 Å². The molecule has 0 saturated heterocycles. The first kappa shape index (κ1) is 19.9. The van der Waals surface area contributed by atoms with Crippen LogP contribution in [0.5, 0.6) is 5.75 Å². The summed E-state index contributed by atoms with van der Waals surface area (Å²) in [7, 11) is 0. The van der Waals surface area contributed by atoms with Crippen LogP contribution in [0.3, 0.4) is 0 Å². The molecule has 0 aliphatic rings. The van der Waals surface area contributed by atoms with Crippen LogP contribution in [0.25, 0.3) is 10.9 Å². The minimum absolute atomic E-state index is 0.179. The van der Waals surface area contributed by atoms with E-state index >= 15 is 0 Å². The molecule has 0 saturated carbocycles. The van der Waals surface area contributed by atoms with Gasteiger partial charge in [-0.05, 0) is 61.0 Å². The number of rotatable bonds is 6. The van der Waals surface area contributed by atoms with Crippen LogP contribution < -0.4 is 10.1 Å². The molecule has 6 heteroatoms. The highest BCUT2D eigenvalue weighted by Crippen LogP contribution is 2.21. The summed E-state index contributed by atoms with van der Waals surface area (Å²) >= 11 is 6.07. The van der Waals surface area contributed by atoms with Crippen molar-refractivity contribution in [2.75, 3.05) is 0 Å². The lowest BCUT2D eigenvalue weighted by Crippen LogP contribution is -2.24. The SMILES string of the molecule is Cc1nc2ccc(Cl)cc2cc1C(=O)NCc1cccc(OCc2ccccn2)c1. The van der Waals surface area contributed by atoms with Crippen LogP contribution in [0, 0.1) is 6.92 Å². The zero-order valence-corrected chi connectivity index (χ0v) is 17.2. The third kappa shape index (κ3) is 4.75. The fourth-order valence-electron chi connectivity index (χ4n) is 3.14. The van der Waals surface area contributed by atoms with Crippen molar-refractivity contribution in [1.82, 2.24) is 15.3 Å². The molecular formula is C24H20ClN3O2. The molecular weight excluding hydrogens is 398 g/mol. The molecule has 0 atom stereocenters. The van der Waals surface area contributed by atoms with Crippen LogP contribution in [-0.2, 0) is 13.2 Å². The fraction of sp³-hybridized carbons (Fsp3) is 0.125. The number of fused-ring (bicyclic) bond motifs is 1. The maximum atomic E-state index is 12.7. The fourth-order valence-corrected chi connectivity index (χ4v) is 3.32. The normalized spacial score (nSPS) is 10.7. The first-order valence-corrected chi connectivity index (χ1v) is 9.93. The molecule has 30 heavy (non-hydrogen) atoms. The van der Waals surface area contributed by atoms with Gasteiger partial charge in [-0.1, -0.05) is 29.8 Å². The van der Waals surface area contributed by atoms with Crippen molar-refractivity contribution in [3.8, 4) is 5.75 Å². The maximum absolute atomic E-state index is 12.7. The van der Waals surface area contributed by atoms with Crippen LogP contribution in [-0.4, -0.2) is 15.9 Å². The Morgan fingerprint density at radius 3 is 2.80 bits per heavy atom. The quantitative estimate of drug-likeness (QED) is 0.474. The summed E-state index contributed by atoms with van der Waals surface area (Å²) in [6, 6.07) is 20.6. The van der Waals surface area contributed by atoms with Crippen molar-refractivity contribution < 1.29 is 9.53 Å². The van der Waals surface area contributed by atoms with E-state index in [1.165, 1.54) is 0 Å². The summed E-state index contributed by atoms with van der Waals surface area (Å²) in [5.41, 5.74) is 3.82. The summed E-state index contributed by atoms with van der Waals surface area (Å²) in [6.45, 7) is 2.60. The van der Waals surface area contributed by atoms with Gasteiger partial charge < -0.3 is 10.1 Å². The van der Waals surface area contributed by atoms with Crippen LogP contribution in [0.1, 0.15) is 27.3 Å². The van der Waals surface area contributed by atoms with Crippen molar-refractivity contribution in [3.05, 3.63) is 100 Å². The van der Waals surface area contributed by atoms with Gasteiger partial charge in [-0.3, -0.25) is 14.8 Å². The van der Waals surface area contributed by atoms with E-state index in [2.05, 4.69) is 15.3 Å². The number of carbonyl (C=O) groups excluding carboxylic acids is 1. The van der Waals surface area contributed by atoms with Crippen molar-refractivity contribution in [2.24, 2.45) is 0 Å². The standard InChI is InChI=1S/C24H20ClN3O2/c1-16-22(13-18-12-19(25)8-9-23(18)28-16)24(29)27-14-17-5-4-7-21(11-17)30-15-20-6-2-3-10-26-20/h2-13H,14-15H2,1H3,(H,27,29). The molecule has 0 bridgehead atoms. The minimum atomic E-state index is -0.179. The molecule has 0 aliphatic carbocycles. The Labute approximate surface area is 179 Å². The smallest absolute Gasteiger partial charge is 0.253 e. The third-order valence-corrected chi connectivity index (χ3v) is 4.91. The molecule has 0 radical (unpaired) electrons. The molecule has 2 heterocycles. The summed E-state index contributed by atoms with van der Waals surface area (Å²) < 4.78 is 5.80. The van der Waals surface area contributed by atoms with Gasteiger partial charge in [-0.15, -0.1) is 0 Å². The van der Waals surface area contributed by atoms with Crippen molar-refractivity contribution >= 4 is 28.4 Å². The van der Waals surface area contributed by atoms with E-state index in [0.717, 1.165) is 27.9 Å². The van der Waals surface area contributed by atoms with Gasteiger partial charge in [-0.25, -0.2) is 0 Å². The lowest BCUT2D eigenvalue weighted by molar-refractivity contribution is 0.0950. The number of nitrogens with zero attached hydrogens (tertiary/aromatic N) is 2. The molecule has 0 aliphatic heterocycles. The van der Waals surface area contributed by atoms with Gasteiger partial charge in [0.15, 0.2) is 0 Å². The number of nitrogens with one attached hydrogen (secondary N) is 1. The Morgan fingerprint density at radius 2 is 1.97 bits per heavy atom. The second-order valence-electron chi connectivity index (χ2n) is 6.90. The molecule has 1 N–H and O–H groups in total. The van der Waals surface area contributed by atoms with Crippen LogP contribution >= 0.6 is 11.6 Å². The highest BCUT2D eigenvalue weighted by atomic mass is 35.5. The number of amides is 1. The van der Waals surface area contributed by atoms with E-state index in [1.54, 1.807) is 12.3 Å². The Hall–Kier alpha value is -3.44. The summed E-state index contributed by atoms with van der Waals surface area (Å²) in [5, 5.41) is 4.41. The van der Waals surface area contributed by atoms with Gasteiger partial charge >= 0.3 is 0 Å². The Kier molecular flexibility index (Phi) is 5.91. The first-order valence-electron chi connectivity index (χ1n) is 9.55. The van der Waals surface area contributed by atoms with Gasteiger partial charge in [-0.2, -0.15) is 0 Å². The molecule has 4 aromatic rings. The molecule has 0 spiro atoms. The van der Waals surface area contributed by atoms with Crippen molar-refractivity contribution in [1.29, 1.82) is 0 Å². The molecule has 2 aromatic heterocycles. The van der Waals surface area contributed by atoms with E-state index in [-0.39, 0.29) is 5.91 Å². The topological polar surface area (TPSA) is 64.1 Å². The highest BCUT2D eigenvalue weighted by Gasteiger charge is 2.12. The zero-order chi connectivity index (χ0) is 20.9. The Morgan fingerprint density at radius 1 is 1.07 bits per heavy atom. The van der Waals surface area contributed by atoms with Gasteiger partial charge in [0.1, 0.15) is 12.4 Å². The minimum Gasteiger partial charge on any atom is -0.487 e. The Balaban J connectivity index is 1.42. The van der Waals surface area contributed by atoms with Crippen LogP contribution in [0.4, 0.5) is 0 Å². The second-order valence-corrected chi connectivity index (χ2v) is 7.33. The average molecular weight is 418 g/mol. The van der Waals surface area contributed by atoms with Gasteiger partial charge in [0, 0.05) is 23.2 Å². The molecule has 5 nitrogen and oxygen atoms in total. The monoisotopic (exact) mass is 417 g/mol. The summed E-state index contributed by atoms with van der Waals surface area (Å²) in [5.74, 6) is 0.548. The first-order chi connectivity index (χ1) is 14.6. The number of hydrogen-bond acceptors (Lipinski definition) is 4. The largest absolute Gasteiger partial charge is 0.487 e. The number of aromatic nitrogens is 2. The molecule has 1 amide bonds. The molecule has 0 unspecified atom stereocenters. The maximum Gasteiger partial charge on any atom is 0.253 e. The van der Waals surface area contributed by atoms with E-state index in [1.807, 2.05) is 67.6 Å². The predicted molar refractivity (Wildman–Crippen MR) is 118 cm³/mol. The van der Waals surface area contributed by atoms with Crippen LogP contribution in [0.15, 0.2) is 72.9 Å². The van der Waals surface area contributed by atoms with E-state index in [9.17, 15) is 4.79 Å². The van der Waals surface area contributed by atoms with Gasteiger partial charge in [0.25, 0.3) is 5.91 Å². The van der Waals surface area contributed by atoms with Gasteiger partial charge in [0.05, 0.1) is 22.5 Å². The number of ether oxygens (including phenoxy) is 1.